The van der Waals surface area contributed by atoms with Gasteiger partial charge in [-0.25, -0.2) is 0 Å². The van der Waals surface area contributed by atoms with E-state index in [9.17, 15) is 0 Å². The predicted octanol–water partition coefficient (Wildman–Crippen LogP) is 1.57. The first-order valence-electron chi connectivity index (χ1n) is 2.41. The molecular formula is C4H10Ba. The molecule has 0 aliphatic heterocycles. The molecule has 0 rings (SSSR count). The van der Waals surface area contributed by atoms with Crippen LogP contribution in [0, 0.1) is 0 Å². The third-order valence-electron chi connectivity index (χ3n) is 0.707. The predicted molar refractivity (Wildman–Crippen MR) is 26.7 cm³/mol. The molecule has 1 heteroatoms. The van der Waals surface area contributed by atoms with Gasteiger partial charge < -0.3 is 0 Å². The second kappa shape index (κ2) is 5.57. The normalized spacial score (nSPS) is 6.80. The van der Waals surface area contributed by atoms with E-state index in [-0.39, 0.29) is 44.2 Å². The first kappa shape index (κ1) is 6.57. The minimum atomic E-state index is -0.144. The molecule has 5 heavy (non-hydrogen) atoms. The molecular weight excluding hydrogens is 185 g/mol. The minimum absolute atomic E-state index is 0.144. The Kier molecular flexibility index (Phi) is 7.32. The van der Waals surface area contributed by atoms with Gasteiger partial charge in [-0.05, 0) is 0 Å². The summed E-state index contributed by atoms with van der Waals surface area (Å²) >= 11 is -0.144. The number of hydrogen-bond donors (Lipinski definition) is 0. The molecule has 28 valence electrons. The quantitative estimate of drug-likeness (QED) is 0.587. The monoisotopic (exact) mass is 196 g/mol. The SMILES string of the molecule is CC[CH2][Ba][CH3]. The van der Waals surface area contributed by atoms with Crippen molar-refractivity contribution in [3.63, 3.8) is 0 Å². The van der Waals surface area contributed by atoms with Crippen LogP contribution in [0.15, 0.2) is 0 Å². The Morgan fingerprint density at radius 3 is 2.20 bits per heavy atom. The van der Waals surface area contributed by atoms with E-state index in [0.717, 1.165) is 0 Å². The summed E-state index contributed by atoms with van der Waals surface area (Å²) in [5.41, 5.74) is 0. The topological polar surface area (TPSA) is 0 Å². The van der Waals surface area contributed by atoms with Gasteiger partial charge in [-0.1, -0.05) is 0 Å². The summed E-state index contributed by atoms with van der Waals surface area (Å²) in [4.78, 5) is 0. The van der Waals surface area contributed by atoms with Gasteiger partial charge in [0.2, 0.25) is 0 Å². The van der Waals surface area contributed by atoms with Crippen LogP contribution in [0.4, 0.5) is 0 Å². The zero-order valence-corrected chi connectivity index (χ0v) is 8.56. The molecule has 0 aromatic heterocycles. The fourth-order valence-electron chi connectivity index (χ4n) is 0.354. The van der Waals surface area contributed by atoms with Gasteiger partial charge in [-0.3, -0.25) is 0 Å². The van der Waals surface area contributed by atoms with E-state index in [1.54, 1.807) is 0.889 Å². The van der Waals surface area contributed by atoms with Crippen LogP contribution >= 0.6 is 0 Å². The third kappa shape index (κ3) is 5.57. The summed E-state index contributed by atoms with van der Waals surface area (Å²) in [7, 11) is 0. The van der Waals surface area contributed by atoms with Gasteiger partial charge in [0.1, 0.15) is 0 Å². The van der Waals surface area contributed by atoms with E-state index < -0.39 is 0 Å². The first-order valence-corrected chi connectivity index (χ1v) is 9.99. The Bertz CT molecular complexity index is 11.1. The van der Waals surface area contributed by atoms with Gasteiger partial charge in [0.25, 0.3) is 0 Å². The average molecular weight is 195 g/mol. The molecule has 0 radical (unpaired) electrons. The summed E-state index contributed by atoms with van der Waals surface area (Å²) in [6.45, 7) is 2.27. The fourth-order valence-corrected chi connectivity index (χ4v) is 2.57. The van der Waals surface area contributed by atoms with Crippen molar-refractivity contribution >= 4 is 44.2 Å². The van der Waals surface area contributed by atoms with Crippen LogP contribution in [0.2, 0.25) is 2.28 Å². The Morgan fingerprint density at radius 1 is 1.60 bits per heavy atom. The van der Waals surface area contributed by atoms with Crippen LogP contribution in [0.5, 0.6) is 0 Å². The van der Waals surface area contributed by atoms with Crippen LogP contribution in [0.3, 0.4) is 0 Å². The molecule has 0 nitrogen and oxygen atoms in total. The maximum absolute atomic E-state index is 2.43. The third-order valence-corrected chi connectivity index (χ3v) is 5.15. The molecule has 0 aliphatic carbocycles. The second-order valence-electron chi connectivity index (χ2n) is 1.35. The van der Waals surface area contributed by atoms with Crippen LogP contribution in [0.1, 0.15) is 13.3 Å². The zero-order valence-electron chi connectivity index (χ0n) is 4.12. The molecule has 0 aromatic rings. The van der Waals surface area contributed by atoms with E-state index in [0.29, 0.717) is 0 Å². The van der Waals surface area contributed by atoms with Crippen molar-refractivity contribution in [2.45, 2.75) is 15.6 Å². The zero-order chi connectivity index (χ0) is 4.12. The molecule has 0 unspecified atom stereocenters. The molecule has 0 atom stereocenters. The van der Waals surface area contributed by atoms with E-state index >= 15 is 0 Å². The van der Waals surface area contributed by atoms with Crippen LogP contribution < -0.4 is 0 Å². The Labute approximate surface area is 58.7 Å². The Morgan fingerprint density at radius 2 is 2.20 bits per heavy atom. The molecule has 0 aliphatic rings. The number of rotatable bonds is 2. The summed E-state index contributed by atoms with van der Waals surface area (Å²) < 4.78 is 4.05. The Hall–Kier alpha value is 1.57. The van der Waals surface area contributed by atoms with Crippen LogP contribution in [0.25, 0.3) is 0 Å². The number of hydrogen-bond acceptors (Lipinski definition) is 0. The van der Waals surface area contributed by atoms with Gasteiger partial charge in [0, 0.05) is 0 Å². The van der Waals surface area contributed by atoms with E-state index in [1.165, 1.54) is 6.42 Å². The van der Waals surface area contributed by atoms with E-state index in [1.807, 2.05) is 0 Å². The van der Waals surface area contributed by atoms with Crippen LogP contribution in [-0.2, 0) is 0 Å². The van der Waals surface area contributed by atoms with Gasteiger partial charge >= 0.3 is 59.8 Å². The average Bonchev–Trinajstić information content (AvgIpc) is 1.41. The van der Waals surface area contributed by atoms with Gasteiger partial charge in [0.15, 0.2) is 0 Å². The van der Waals surface area contributed by atoms with Crippen molar-refractivity contribution in [1.82, 2.24) is 0 Å². The van der Waals surface area contributed by atoms with Gasteiger partial charge in [0.05, 0.1) is 0 Å². The standard InChI is InChI=1S/C3H7.CH3.Ba/c1-3-2;;/h1,3H2,2H3;1H3;. The summed E-state index contributed by atoms with van der Waals surface area (Å²) in [5.74, 6) is 0. The molecule has 0 saturated carbocycles. The van der Waals surface area contributed by atoms with Crippen molar-refractivity contribution in [2.75, 3.05) is 0 Å². The van der Waals surface area contributed by atoms with Crippen molar-refractivity contribution in [2.24, 2.45) is 0 Å². The first-order chi connectivity index (χ1) is 2.41. The molecule has 0 fully saturated rings. The molecule has 0 amide bonds. The molecule has 0 bridgehead atoms. The molecule has 0 aromatic carbocycles. The summed E-state index contributed by atoms with van der Waals surface area (Å²) in [6, 6.07) is 0. The molecule has 0 spiro atoms. The molecule has 0 N–H and O–H groups in total. The van der Waals surface area contributed by atoms with Gasteiger partial charge in [-0.2, -0.15) is 0 Å². The van der Waals surface area contributed by atoms with Crippen molar-refractivity contribution in [3.8, 4) is 0 Å². The van der Waals surface area contributed by atoms with Gasteiger partial charge in [-0.15, -0.1) is 0 Å². The maximum atomic E-state index is 2.43. The van der Waals surface area contributed by atoms with Crippen molar-refractivity contribution in [3.05, 3.63) is 0 Å². The summed E-state index contributed by atoms with van der Waals surface area (Å²) in [5, 5.41) is 0. The summed E-state index contributed by atoms with van der Waals surface area (Å²) in [6.07, 6.45) is 1.44. The molecule has 0 saturated heterocycles. The van der Waals surface area contributed by atoms with Crippen molar-refractivity contribution in [1.29, 1.82) is 0 Å². The molecule has 0 heterocycles. The van der Waals surface area contributed by atoms with E-state index in [4.69, 9.17) is 0 Å². The van der Waals surface area contributed by atoms with E-state index in [2.05, 4.69) is 8.32 Å². The van der Waals surface area contributed by atoms with Crippen LogP contribution in [-0.4, -0.2) is 44.2 Å². The second-order valence-corrected chi connectivity index (χ2v) is 6.71. The van der Waals surface area contributed by atoms with Crippen molar-refractivity contribution < 1.29 is 0 Å². The Balaban J connectivity index is 2.19. The fraction of sp³-hybridized carbons (Fsp3) is 1.00.